The smallest absolute Gasteiger partial charge is 0.261 e. The number of benzene rings is 3. The number of amides is 3. The lowest BCUT2D eigenvalue weighted by atomic mass is 10.1. The maximum absolute atomic E-state index is 12.9. The van der Waals surface area contributed by atoms with E-state index in [0.717, 1.165) is 17.7 Å². The van der Waals surface area contributed by atoms with Crippen LogP contribution in [0.25, 0.3) is 0 Å². The van der Waals surface area contributed by atoms with Crippen molar-refractivity contribution in [2.24, 2.45) is 0 Å². The van der Waals surface area contributed by atoms with Crippen molar-refractivity contribution in [1.82, 2.24) is 9.80 Å². The molecular weight excluding hydrogens is 402 g/mol. The molecule has 1 saturated heterocycles. The molecule has 3 amide bonds. The van der Waals surface area contributed by atoms with E-state index in [1.165, 1.54) is 4.90 Å². The summed E-state index contributed by atoms with van der Waals surface area (Å²) in [6, 6.07) is 24.3. The summed E-state index contributed by atoms with van der Waals surface area (Å²) in [5.41, 5.74) is 3.36. The van der Waals surface area contributed by atoms with Gasteiger partial charge in [0.1, 0.15) is 0 Å². The van der Waals surface area contributed by atoms with Crippen LogP contribution in [0.3, 0.4) is 0 Å². The zero-order valence-corrected chi connectivity index (χ0v) is 17.5. The highest BCUT2D eigenvalue weighted by atomic mass is 16.2. The van der Waals surface area contributed by atoms with E-state index in [1.807, 2.05) is 47.4 Å². The quantitative estimate of drug-likeness (QED) is 0.631. The van der Waals surface area contributed by atoms with Crippen LogP contribution in [0, 0.1) is 0 Å². The van der Waals surface area contributed by atoms with E-state index in [0.29, 0.717) is 29.8 Å². The summed E-state index contributed by atoms with van der Waals surface area (Å²) in [7, 11) is 0. The van der Waals surface area contributed by atoms with Crippen LogP contribution in [-0.2, 0) is 6.54 Å². The topological polar surface area (TPSA) is 69.7 Å². The molecule has 0 saturated carbocycles. The number of nitrogens with zero attached hydrogens (tertiary/aromatic N) is 2. The fourth-order valence-corrected chi connectivity index (χ4v) is 4.33. The number of fused-ring (bicyclic) bond motifs is 1. The van der Waals surface area contributed by atoms with Gasteiger partial charge in [-0.15, -0.1) is 0 Å². The number of rotatable bonds is 5. The van der Waals surface area contributed by atoms with E-state index in [-0.39, 0.29) is 30.3 Å². The molecule has 0 aliphatic carbocycles. The van der Waals surface area contributed by atoms with Crippen LogP contribution in [0.2, 0.25) is 0 Å². The Kier molecular flexibility index (Phi) is 5.19. The highest BCUT2D eigenvalue weighted by molar-refractivity contribution is 6.21. The minimum absolute atomic E-state index is 0.00496. The molecule has 5 rings (SSSR count). The molecule has 1 N–H and O–H groups in total. The average molecular weight is 425 g/mol. The van der Waals surface area contributed by atoms with Crippen molar-refractivity contribution in [3.05, 3.63) is 101 Å². The van der Waals surface area contributed by atoms with Crippen molar-refractivity contribution < 1.29 is 14.4 Å². The molecule has 2 aliphatic rings. The van der Waals surface area contributed by atoms with E-state index < -0.39 is 0 Å². The van der Waals surface area contributed by atoms with Crippen molar-refractivity contribution in [3.63, 3.8) is 0 Å². The van der Waals surface area contributed by atoms with E-state index in [1.54, 1.807) is 36.4 Å². The summed E-state index contributed by atoms with van der Waals surface area (Å²) >= 11 is 0. The Labute approximate surface area is 186 Å². The maximum Gasteiger partial charge on any atom is 0.261 e. The molecule has 3 aromatic rings. The SMILES string of the molecule is O=C(c1ccc(CN2C(=O)c3ccccc3C2=O)cc1)N1CCC(Nc2ccccc2)C1. The Balaban J connectivity index is 1.21. The van der Waals surface area contributed by atoms with Gasteiger partial charge in [-0.05, 0) is 48.4 Å². The lowest BCUT2D eigenvalue weighted by Crippen LogP contribution is -2.31. The second-order valence-electron chi connectivity index (χ2n) is 8.19. The fourth-order valence-electron chi connectivity index (χ4n) is 4.33. The monoisotopic (exact) mass is 425 g/mol. The molecule has 160 valence electrons. The molecule has 1 fully saturated rings. The number of anilines is 1. The third kappa shape index (κ3) is 3.75. The minimum Gasteiger partial charge on any atom is -0.380 e. The molecule has 3 aromatic carbocycles. The third-order valence-corrected chi connectivity index (χ3v) is 6.04. The zero-order valence-electron chi connectivity index (χ0n) is 17.5. The standard InChI is InChI=1S/C26H23N3O3/c30-24(28-15-14-21(17-28)27-20-6-2-1-3-7-20)19-12-10-18(11-13-19)16-29-25(31)22-8-4-5-9-23(22)26(29)32/h1-13,21,27H,14-17H2. The summed E-state index contributed by atoms with van der Waals surface area (Å²) < 4.78 is 0. The molecule has 1 atom stereocenters. The van der Waals surface area contributed by atoms with Gasteiger partial charge >= 0.3 is 0 Å². The molecule has 6 heteroatoms. The van der Waals surface area contributed by atoms with Gasteiger partial charge in [0.2, 0.25) is 0 Å². The van der Waals surface area contributed by atoms with Gasteiger partial charge in [0.25, 0.3) is 17.7 Å². The van der Waals surface area contributed by atoms with Gasteiger partial charge in [-0.3, -0.25) is 19.3 Å². The Morgan fingerprint density at radius 1 is 0.844 bits per heavy atom. The molecule has 6 nitrogen and oxygen atoms in total. The molecule has 0 bridgehead atoms. The van der Waals surface area contributed by atoms with Crippen molar-refractivity contribution in [1.29, 1.82) is 0 Å². The molecule has 1 unspecified atom stereocenters. The normalized spacial score (nSPS) is 17.6. The first-order valence-electron chi connectivity index (χ1n) is 10.8. The molecule has 32 heavy (non-hydrogen) atoms. The van der Waals surface area contributed by atoms with Gasteiger partial charge in [-0.2, -0.15) is 0 Å². The van der Waals surface area contributed by atoms with E-state index >= 15 is 0 Å². The molecule has 0 aromatic heterocycles. The van der Waals surface area contributed by atoms with Gasteiger partial charge in [0, 0.05) is 30.4 Å². The van der Waals surface area contributed by atoms with Crippen molar-refractivity contribution >= 4 is 23.4 Å². The number of nitrogens with one attached hydrogen (secondary N) is 1. The number of para-hydroxylation sites is 1. The van der Waals surface area contributed by atoms with Gasteiger partial charge in [0.15, 0.2) is 0 Å². The highest BCUT2D eigenvalue weighted by Crippen LogP contribution is 2.24. The predicted octanol–water partition coefficient (Wildman–Crippen LogP) is 3.81. The first-order chi connectivity index (χ1) is 15.6. The van der Waals surface area contributed by atoms with Crippen LogP contribution >= 0.6 is 0 Å². The lowest BCUT2D eigenvalue weighted by Gasteiger charge is -2.18. The van der Waals surface area contributed by atoms with Crippen LogP contribution < -0.4 is 5.32 Å². The number of carbonyl (C=O) groups is 3. The lowest BCUT2D eigenvalue weighted by molar-refractivity contribution is 0.0641. The van der Waals surface area contributed by atoms with E-state index in [4.69, 9.17) is 0 Å². The fraction of sp³-hybridized carbons (Fsp3) is 0.192. The summed E-state index contributed by atoms with van der Waals surface area (Å²) in [6.45, 7) is 1.55. The summed E-state index contributed by atoms with van der Waals surface area (Å²) in [5.74, 6) is -0.561. The van der Waals surface area contributed by atoms with Crippen molar-refractivity contribution in [3.8, 4) is 0 Å². The van der Waals surface area contributed by atoms with Crippen molar-refractivity contribution in [2.45, 2.75) is 19.0 Å². The number of carbonyl (C=O) groups excluding carboxylic acids is 3. The van der Waals surface area contributed by atoms with E-state index in [9.17, 15) is 14.4 Å². The minimum atomic E-state index is -0.278. The first kappa shape index (κ1) is 20.0. The molecule has 0 spiro atoms. The highest BCUT2D eigenvalue weighted by Gasteiger charge is 2.35. The Bertz CT molecular complexity index is 1140. The predicted molar refractivity (Wildman–Crippen MR) is 121 cm³/mol. The summed E-state index contributed by atoms with van der Waals surface area (Å²) in [4.78, 5) is 41.2. The van der Waals surface area contributed by atoms with Gasteiger partial charge in [-0.1, -0.05) is 42.5 Å². The van der Waals surface area contributed by atoms with Crippen LogP contribution in [0.4, 0.5) is 5.69 Å². The molecule has 0 radical (unpaired) electrons. The number of likely N-dealkylation sites (tertiary alicyclic amines) is 1. The third-order valence-electron chi connectivity index (χ3n) is 6.04. The average Bonchev–Trinajstić information content (AvgIpc) is 3.39. The number of hydrogen-bond acceptors (Lipinski definition) is 4. The first-order valence-corrected chi connectivity index (χ1v) is 10.8. The Hall–Kier alpha value is -3.93. The second kappa shape index (κ2) is 8.30. The maximum atomic E-state index is 12.9. The molecular formula is C26H23N3O3. The summed E-state index contributed by atoms with van der Waals surface area (Å²) in [5, 5.41) is 3.48. The van der Waals surface area contributed by atoms with Crippen molar-refractivity contribution in [2.75, 3.05) is 18.4 Å². The van der Waals surface area contributed by atoms with Gasteiger partial charge in [-0.25, -0.2) is 0 Å². The zero-order chi connectivity index (χ0) is 22.1. The second-order valence-corrected chi connectivity index (χ2v) is 8.19. The van der Waals surface area contributed by atoms with Crippen LogP contribution in [0.15, 0.2) is 78.9 Å². The number of hydrogen-bond donors (Lipinski definition) is 1. The Morgan fingerprint density at radius 2 is 1.47 bits per heavy atom. The van der Waals surface area contributed by atoms with E-state index in [2.05, 4.69) is 5.32 Å². The van der Waals surface area contributed by atoms with Crippen LogP contribution in [0.5, 0.6) is 0 Å². The Morgan fingerprint density at radius 3 is 2.12 bits per heavy atom. The largest absolute Gasteiger partial charge is 0.380 e. The van der Waals surface area contributed by atoms with Gasteiger partial charge < -0.3 is 10.2 Å². The van der Waals surface area contributed by atoms with Crippen LogP contribution in [0.1, 0.15) is 43.1 Å². The van der Waals surface area contributed by atoms with Crippen LogP contribution in [-0.4, -0.2) is 46.7 Å². The van der Waals surface area contributed by atoms with Gasteiger partial charge in [0.05, 0.1) is 17.7 Å². The summed E-state index contributed by atoms with van der Waals surface area (Å²) in [6.07, 6.45) is 0.901. The molecule has 2 heterocycles. The molecule has 2 aliphatic heterocycles. The number of imide groups is 1.